The summed E-state index contributed by atoms with van der Waals surface area (Å²) in [5.74, 6) is -0.933. The molecule has 1 aromatic rings. The van der Waals surface area contributed by atoms with Crippen LogP contribution in [0.4, 0.5) is 4.79 Å². The van der Waals surface area contributed by atoms with Gasteiger partial charge >= 0.3 is 11.8 Å². The first-order chi connectivity index (χ1) is 15.2. The molecule has 0 aliphatic heterocycles. The van der Waals surface area contributed by atoms with Crippen molar-refractivity contribution in [2.75, 3.05) is 6.54 Å². The smallest absolute Gasteiger partial charge is 0.408 e. The second kappa shape index (κ2) is 10.4. The van der Waals surface area contributed by atoms with Crippen molar-refractivity contribution in [2.24, 2.45) is 0 Å². The maximum Gasteiger partial charge on any atom is 0.408 e. The molecule has 0 saturated carbocycles. The van der Waals surface area contributed by atoms with Crippen LogP contribution in [0.1, 0.15) is 67.9 Å². The van der Waals surface area contributed by atoms with Gasteiger partial charge in [-0.1, -0.05) is 0 Å². The number of carbonyl (C=O) groups is 3. The summed E-state index contributed by atoms with van der Waals surface area (Å²) in [5.41, 5.74) is -3.40. The van der Waals surface area contributed by atoms with Crippen LogP contribution in [-0.2, 0) is 20.9 Å². The number of aromatic nitrogens is 2. The Labute approximate surface area is 200 Å². The third kappa shape index (κ3) is 8.35. The molecule has 0 saturated heterocycles. The molecule has 3 N–H and O–H groups in total. The summed E-state index contributed by atoms with van der Waals surface area (Å²) in [6.45, 7) is 16.8. The van der Waals surface area contributed by atoms with Gasteiger partial charge in [-0.05, 0) is 69.2 Å². The highest BCUT2D eigenvalue weighted by Crippen LogP contribution is 2.19. The molecule has 1 aromatic heterocycles. The van der Waals surface area contributed by atoms with Gasteiger partial charge in [-0.3, -0.25) is 23.9 Å². The van der Waals surface area contributed by atoms with Crippen molar-refractivity contribution in [1.82, 2.24) is 25.1 Å². The first-order valence-corrected chi connectivity index (χ1v) is 11.2. The van der Waals surface area contributed by atoms with Crippen LogP contribution in [0.2, 0.25) is 0 Å². The number of hydrogen-bond acceptors (Lipinski definition) is 6. The minimum atomic E-state index is -1.32. The highest BCUT2D eigenvalue weighted by atomic mass is 16.6. The fraction of sp³-hybridized carbons (Fsp3) is 0.696. The van der Waals surface area contributed by atoms with Crippen LogP contribution in [0, 0.1) is 6.92 Å². The second-order valence-corrected chi connectivity index (χ2v) is 10.9. The van der Waals surface area contributed by atoms with Crippen LogP contribution < -0.4 is 21.9 Å². The first kappa shape index (κ1) is 28.9. The highest BCUT2D eigenvalue weighted by Gasteiger charge is 2.41. The lowest BCUT2D eigenvalue weighted by Gasteiger charge is -2.40. The van der Waals surface area contributed by atoms with Gasteiger partial charge in [0.1, 0.15) is 17.2 Å². The lowest BCUT2D eigenvalue weighted by atomic mass is 9.97. The average molecular weight is 482 g/mol. The molecular weight excluding hydrogens is 442 g/mol. The van der Waals surface area contributed by atoms with Gasteiger partial charge in [-0.2, -0.15) is 0 Å². The van der Waals surface area contributed by atoms with E-state index in [0.717, 1.165) is 0 Å². The molecule has 1 rings (SSSR count). The summed E-state index contributed by atoms with van der Waals surface area (Å²) in [6, 6.07) is -1.01. The Morgan fingerprint density at radius 3 is 2.15 bits per heavy atom. The Morgan fingerprint density at radius 1 is 1.09 bits per heavy atom. The molecule has 0 fully saturated rings. The number of amides is 3. The minimum Gasteiger partial charge on any atom is -0.444 e. The van der Waals surface area contributed by atoms with Crippen molar-refractivity contribution in [1.29, 1.82) is 0 Å². The summed E-state index contributed by atoms with van der Waals surface area (Å²) in [5, 5.41) is 5.37. The van der Waals surface area contributed by atoms with Crippen LogP contribution in [0.25, 0.3) is 0 Å². The standard InChI is InChI=1S/C23H39N5O6/c1-14-13-27(19(32)25-16(14)29)11-12-28(23(9,10)18(31)26-21(3,4)5)17(30)15(2)24-20(33)34-22(6,7)8/h13,15H,11-12H2,1-10H3,(H,24,33)(H,26,31)(H,25,29,32)/t15-/m0/s1. The van der Waals surface area contributed by atoms with Crippen LogP contribution >= 0.6 is 0 Å². The molecule has 34 heavy (non-hydrogen) atoms. The minimum absolute atomic E-state index is 0.0214. The van der Waals surface area contributed by atoms with Crippen molar-refractivity contribution < 1.29 is 19.1 Å². The summed E-state index contributed by atoms with van der Waals surface area (Å²) >= 11 is 0. The van der Waals surface area contributed by atoms with E-state index in [0.29, 0.717) is 5.56 Å². The molecule has 0 aliphatic rings. The summed E-state index contributed by atoms with van der Waals surface area (Å²) in [4.78, 5) is 66.1. The monoisotopic (exact) mass is 481 g/mol. The zero-order valence-electron chi connectivity index (χ0n) is 21.9. The molecule has 0 bridgehead atoms. The molecule has 11 heteroatoms. The van der Waals surface area contributed by atoms with Crippen LogP contribution in [0.5, 0.6) is 0 Å². The first-order valence-electron chi connectivity index (χ1n) is 11.2. The average Bonchev–Trinajstić information content (AvgIpc) is 2.62. The highest BCUT2D eigenvalue weighted by molar-refractivity contribution is 5.93. The van der Waals surface area contributed by atoms with E-state index < -0.39 is 51.9 Å². The number of aromatic amines is 1. The number of carbonyl (C=O) groups excluding carboxylic acids is 3. The fourth-order valence-electron chi connectivity index (χ4n) is 3.05. The summed E-state index contributed by atoms with van der Waals surface area (Å²) in [7, 11) is 0. The molecule has 1 heterocycles. The number of hydrogen-bond donors (Lipinski definition) is 3. The van der Waals surface area contributed by atoms with Gasteiger partial charge < -0.3 is 20.3 Å². The van der Waals surface area contributed by atoms with E-state index in [-0.39, 0.29) is 13.1 Å². The maximum absolute atomic E-state index is 13.4. The Morgan fingerprint density at radius 2 is 1.65 bits per heavy atom. The SMILES string of the molecule is Cc1cn(CCN(C(=O)[C@H](C)NC(=O)OC(C)(C)C)C(C)(C)C(=O)NC(C)(C)C)c(=O)[nH]c1=O. The van der Waals surface area contributed by atoms with E-state index in [1.54, 1.807) is 41.5 Å². The Hall–Kier alpha value is -3.11. The Bertz CT molecular complexity index is 1030. The molecular formula is C23H39N5O6. The van der Waals surface area contributed by atoms with Crippen molar-refractivity contribution in [3.8, 4) is 0 Å². The molecule has 0 spiro atoms. The number of nitrogens with one attached hydrogen (secondary N) is 3. The Balaban J connectivity index is 3.25. The molecule has 0 unspecified atom stereocenters. The predicted octanol–water partition coefficient (Wildman–Crippen LogP) is 1.28. The predicted molar refractivity (Wildman–Crippen MR) is 129 cm³/mol. The number of alkyl carbamates (subject to hydrolysis) is 1. The quantitative estimate of drug-likeness (QED) is 0.535. The zero-order chi connectivity index (χ0) is 26.6. The third-order valence-corrected chi connectivity index (χ3v) is 4.84. The van der Waals surface area contributed by atoms with E-state index in [1.807, 2.05) is 20.8 Å². The lowest BCUT2D eigenvalue weighted by molar-refractivity contribution is -0.148. The van der Waals surface area contributed by atoms with Crippen molar-refractivity contribution in [3.63, 3.8) is 0 Å². The molecule has 0 aliphatic carbocycles. The van der Waals surface area contributed by atoms with Gasteiger partial charge in [0.15, 0.2) is 0 Å². The van der Waals surface area contributed by atoms with Gasteiger partial charge in [-0.15, -0.1) is 0 Å². The number of nitrogens with zero attached hydrogens (tertiary/aromatic N) is 2. The van der Waals surface area contributed by atoms with E-state index in [9.17, 15) is 24.0 Å². The number of aryl methyl sites for hydroxylation is 1. The van der Waals surface area contributed by atoms with Crippen LogP contribution in [0.3, 0.4) is 0 Å². The summed E-state index contributed by atoms with van der Waals surface area (Å²) < 4.78 is 6.49. The van der Waals surface area contributed by atoms with E-state index in [1.165, 1.54) is 22.6 Å². The third-order valence-electron chi connectivity index (χ3n) is 4.84. The normalized spacial score (nSPS) is 13.1. The van der Waals surface area contributed by atoms with Crippen LogP contribution in [-0.4, -0.2) is 61.6 Å². The van der Waals surface area contributed by atoms with Gasteiger partial charge in [-0.25, -0.2) is 9.59 Å². The largest absolute Gasteiger partial charge is 0.444 e. The second-order valence-electron chi connectivity index (χ2n) is 10.9. The van der Waals surface area contributed by atoms with E-state index >= 15 is 0 Å². The number of H-pyrrole nitrogens is 1. The van der Waals surface area contributed by atoms with Crippen LogP contribution in [0.15, 0.2) is 15.8 Å². The molecule has 1 atom stereocenters. The van der Waals surface area contributed by atoms with E-state index in [4.69, 9.17) is 4.74 Å². The fourth-order valence-corrected chi connectivity index (χ4v) is 3.05. The number of rotatable bonds is 7. The Kier molecular flexibility index (Phi) is 8.88. The van der Waals surface area contributed by atoms with Gasteiger partial charge in [0.05, 0.1) is 0 Å². The maximum atomic E-state index is 13.4. The van der Waals surface area contributed by atoms with E-state index in [2.05, 4.69) is 15.6 Å². The molecule has 192 valence electrons. The van der Waals surface area contributed by atoms with Crippen molar-refractivity contribution in [2.45, 2.75) is 98.5 Å². The molecule has 3 amide bonds. The topological polar surface area (TPSA) is 143 Å². The van der Waals surface area contributed by atoms with Crippen molar-refractivity contribution in [3.05, 3.63) is 32.6 Å². The van der Waals surface area contributed by atoms with Crippen molar-refractivity contribution >= 4 is 17.9 Å². The molecule has 11 nitrogen and oxygen atoms in total. The zero-order valence-corrected chi connectivity index (χ0v) is 21.9. The summed E-state index contributed by atoms with van der Waals surface area (Å²) in [6.07, 6.45) is 0.631. The lowest BCUT2D eigenvalue weighted by Crippen LogP contribution is -2.63. The number of ether oxygens (including phenoxy) is 1. The van der Waals surface area contributed by atoms with Gasteiger partial charge in [0, 0.05) is 30.4 Å². The van der Waals surface area contributed by atoms with Gasteiger partial charge in [0.2, 0.25) is 11.8 Å². The molecule has 0 aromatic carbocycles. The molecule has 0 radical (unpaired) electrons. The van der Waals surface area contributed by atoms with Gasteiger partial charge in [0.25, 0.3) is 5.56 Å².